The van der Waals surface area contributed by atoms with Crippen LogP contribution in [0.1, 0.15) is 37.7 Å². The summed E-state index contributed by atoms with van der Waals surface area (Å²) in [4.78, 5) is 0. The molecule has 2 rings (SSSR count). The van der Waals surface area contributed by atoms with Crippen LogP contribution in [0.25, 0.3) is 0 Å². The highest BCUT2D eigenvalue weighted by Gasteiger charge is 2.30. The number of sulfonamides is 1. The van der Waals surface area contributed by atoms with Crippen LogP contribution in [-0.4, -0.2) is 32.1 Å². The van der Waals surface area contributed by atoms with Crippen molar-refractivity contribution >= 4 is 10.0 Å². The largest absolute Gasteiger partial charge is 0.213 e. The Kier molecular flexibility index (Phi) is 4.99. The average molecular weight is 317 g/mol. The van der Waals surface area contributed by atoms with E-state index in [-0.39, 0.29) is 11.8 Å². The van der Waals surface area contributed by atoms with E-state index in [1.165, 1.54) is 22.7 Å². The zero-order valence-electron chi connectivity index (χ0n) is 12.4. The molecule has 1 aromatic rings. The molecule has 118 valence electrons. The van der Waals surface area contributed by atoms with Gasteiger partial charge in [-0.25, -0.2) is 21.5 Å². The molecule has 0 bridgehead atoms. The molecule has 1 unspecified atom stereocenters. The maximum absolute atomic E-state index is 13.4. The molecular weight excluding hydrogens is 296 g/mol. The molecule has 0 amide bonds. The van der Waals surface area contributed by atoms with Crippen LogP contribution in [0.4, 0.5) is 8.78 Å². The summed E-state index contributed by atoms with van der Waals surface area (Å²) in [6, 6.07) is 3.66. The van der Waals surface area contributed by atoms with Gasteiger partial charge in [0.2, 0.25) is 10.0 Å². The summed E-state index contributed by atoms with van der Waals surface area (Å²) in [5.41, 5.74) is 0.674. The molecule has 1 aliphatic heterocycles. The molecule has 1 saturated heterocycles. The van der Waals surface area contributed by atoms with Crippen LogP contribution in [0.3, 0.4) is 0 Å². The summed E-state index contributed by atoms with van der Waals surface area (Å²) in [7, 11) is -3.15. The second-order valence-corrected chi connectivity index (χ2v) is 7.70. The van der Waals surface area contributed by atoms with Gasteiger partial charge in [0.15, 0.2) is 0 Å². The van der Waals surface area contributed by atoms with E-state index in [9.17, 15) is 17.2 Å². The Hall–Kier alpha value is -1.01. The molecule has 0 aliphatic carbocycles. The smallest absolute Gasteiger partial charge is 0.211 e. The zero-order valence-corrected chi connectivity index (χ0v) is 13.2. The van der Waals surface area contributed by atoms with E-state index < -0.39 is 21.7 Å². The Morgan fingerprint density at radius 3 is 2.14 bits per heavy atom. The van der Waals surface area contributed by atoms with Crippen molar-refractivity contribution in [2.24, 2.45) is 5.92 Å². The first kappa shape index (κ1) is 16.4. The molecule has 1 aliphatic rings. The first-order chi connectivity index (χ1) is 9.81. The molecule has 0 radical (unpaired) electrons. The summed E-state index contributed by atoms with van der Waals surface area (Å²) in [5.74, 6) is -0.792. The van der Waals surface area contributed by atoms with Crippen LogP contribution >= 0.6 is 0 Å². The van der Waals surface area contributed by atoms with Gasteiger partial charge in [0, 0.05) is 19.2 Å². The maximum Gasteiger partial charge on any atom is 0.211 e. The van der Waals surface area contributed by atoms with Gasteiger partial charge in [-0.3, -0.25) is 0 Å². The van der Waals surface area contributed by atoms with Gasteiger partial charge in [-0.15, -0.1) is 0 Å². The molecule has 1 heterocycles. The van der Waals surface area contributed by atoms with E-state index in [0.29, 0.717) is 18.7 Å². The van der Waals surface area contributed by atoms with Crippen molar-refractivity contribution in [2.75, 3.05) is 19.3 Å². The van der Waals surface area contributed by atoms with Crippen LogP contribution < -0.4 is 0 Å². The fourth-order valence-electron chi connectivity index (χ4n) is 3.24. The Bertz CT molecular complexity index is 575. The molecule has 1 fully saturated rings. The lowest BCUT2D eigenvalue weighted by Gasteiger charge is -2.34. The highest BCUT2D eigenvalue weighted by Crippen LogP contribution is 2.36. The third-order valence-corrected chi connectivity index (χ3v) is 5.59. The number of halogens is 2. The molecule has 21 heavy (non-hydrogen) atoms. The molecule has 1 aromatic carbocycles. The molecule has 0 aromatic heterocycles. The van der Waals surface area contributed by atoms with Crippen LogP contribution in [0.15, 0.2) is 18.2 Å². The predicted molar refractivity (Wildman–Crippen MR) is 78.5 cm³/mol. The monoisotopic (exact) mass is 317 g/mol. The standard InChI is InChI=1S/C15H21F2NO2S/c1-3-15(12-8-13(16)10-14(17)9-12)11-4-6-18(7-5-11)21(2,19)20/h8-11,15H,3-7H2,1-2H3. The first-order valence-electron chi connectivity index (χ1n) is 7.22. The lowest BCUT2D eigenvalue weighted by atomic mass is 9.79. The molecule has 1 atom stereocenters. The highest BCUT2D eigenvalue weighted by molar-refractivity contribution is 7.88. The summed E-state index contributed by atoms with van der Waals surface area (Å²) in [6.07, 6.45) is 3.45. The van der Waals surface area contributed by atoms with Gasteiger partial charge >= 0.3 is 0 Å². The highest BCUT2D eigenvalue weighted by atomic mass is 32.2. The zero-order chi connectivity index (χ0) is 15.6. The van der Waals surface area contributed by atoms with E-state index in [1.807, 2.05) is 6.92 Å². The Labute approximate surface area is 125 Å². The SMILES string of the molecule is CCC(c1cc(F)cc(F)c1)C1CCN(S(C)(=O)=O)CC1. The van der Waals surface area contributed by atoms with Crippen molar-refractivity contribution < 1.29 is 17.2 Å². The molecular formula is C15H21F2NO2S. The van der Waals surface area contributed by atoms with E-state index in [4.69, 9.17) is 0 Å². The predicted octanol–water partition coefficient (Wildman–Crippen LogP) is 3.13. The van der Waals surface area contributed by atoms with Gasteiger partial charge in [0.1, 0.15) is 11.6 Å². The maximum atomic E-state index is 13.4. The van der Waals surface area contributed by atoms with Crippen molar-refractivity contribution in [3.63, 3.8) is 0 Å². The van der Waals surface area contributed by atoms with Gasteiger partial charge in [0.05, 0.1) is 6.26 Å². The second kappa shape index (κ2) is 6.40. The van der Waals surface area contributed by atoms with Crippen LogP contribution in [0.2, 0.25) is 0 Å². The molecule has 0 spiro atoms. The van der Waals surface area contributed by atoms with Crippen molar-refractivity contribution in [3.8, 4) is 0 Å². The third kappa shape index (κ3) is 4.01. The lowest BCUT2D eigenvalue weighted by Crippen LogP contribution is -2.39. The van der Waals surface area contributed by atoms with Crippen molar-refractivity contribution in [3.05, 3.63) is 35.4 Å². The van der Waals surface area contributed by atoms with Crippen molar-refractivity contribution in [1.82, 2.24) is 4.31 Å². The summed E-state index contributed by atoms with van der Waals surface area (Å²) in [5, 5.41) is 0. The lowest BCUT2D eigenvalue weighted by molar-refractivity contribution is 0.241. The Morgan fingerprint density at radius 2 is 1.71 bits per heavy atom. The fraction of sp³-hybridized carbons (Fsp3) is 0.600. The third-order valence-electron chi connectivity index (χ3n) is 4.29. The number of hydrogen-bond acceptors (Lipinski definition) is 2. The second-order valence-electron chi connectivity index (χ2n) is 5.72. The van der Waals surface area contributed by atoms with Gasteiger partial charge in [0.25, 0.3) is 0 Å². The quantitative estimate of drug-likeness (QED) is 0.855. The van der Waals surface area contributed by atoms with Crippen LogP contribution in [-0.2, 0) is 10.0 Å². The Morgan fingerprint density at radius 1 is 1.19 bits per heavy atom. The molecule has 0 saturated carbocycles. The van der Waals surface area contributed by atoms with Crippen molar-refractivity contribution in [2.45, 2.75) is 32.1 Å². The number of piperidine rings is 1. The van der Waals surface area contributed by atoms with Gasteiger partial charge in [-0.05, 0) is 48.8 Å². The minimum absolute atomic E-state index is 0.0666. The Balaban J connectivity index is 2.13. The summed E-state index contributed by atoms with van der Waals surface area (Å²) >= 11 is 0. The van der Waals surface area contributed by atoms with Crippen LogP contribution in [0.5, 0.6) is 0 Å². The average Bonchev–Trinajstić information content (AvgIpc) is 2.38. The topological polar surface area (TPSA) is 37.4 Å². The number of rotatable bonds is 4. The molecule has 0 N–H and O–H groups in total. The van der Waals surface area contributed by atoms with E-state index in [1.54, 1.807) is 0 Å². The van der Waals surface area contributed by atoms with E-state index in [2.05, 4.69) is 0 Å². The van der Waals surface area contributed by atoms with Crippen molar-refractivity contribution in [1.29, 1.82) is 0 Å². The summed E-state index contributed by atoms with van der Waals surface area (Å²) < 4.78 is 51.3. The first-order valence-corrected chi connectivity index (χ1v) is 9.07. The van der Waals surface area contributed by atoms with Gasteiger partial charge in [-0.1, -0.05) is 6.92 Å². The van der Waals surface area contributed by atoms with E-state index in [0.717, 1.165) is 25.3 Å². The molecule has 6 heteroatoms. The minimum atomic E-state index is -3.15. The number of benzene rings is 1. The van der Waals surface area contributed by atoms with Gasteiger partial charge in [-0.2, -0.15) is 0 Å². The van der Waals surface area contributed by atoms with Crippen LogP contribution in [0, 0.1) is 17.6 Å². The number of hydrogen-bond donors (Lipinski definition) is 0. The minimum Gasteiger partial charge on any atom is -0.213 e. The normalized spacial score (nSPS) is 19.6. The number of nitrogens with zero attached hydrogens (tertiary/aromatic N) is 1. The van der Waals surface area contributed by atoms with Gasteiger partial charge < -0.3 is 0 Å². The van der Waals surface area contributed by atoms with E-state index >= 15 is 0 Å². The molecule has 3 nitrogen and oxygen atoms in total. The summed E-state index contributed by atoms with van der Waals surface area (Å²) in [6.45, 7) is 2.96. The fourth-order valence-corrected chi connectivity index (χ4v) is 4.11.